The smallest absolute Gasteiger partial charge is 0.136 e. The van der Waals surface area contributed by atoms with Crippen LogP contribution in [0.15, 0.2) is 30.3 Å². The van der Waals surface area contributed by atoms with Gasteiger partial charge in [-0.25, -0.2) is 0 Å². The molecule has 0 aliphatic carbocycles. The quantitative estimate of drug-likeness (QED) is 0.392. The van der Waals surface area contributed by atoms with E-state index < -0.39 is 4.75 Å². The van der Waals surface area contributed by atoms with Crippen molar-refractivity contribution < 1.29 is 4.79 Å². The summed E-state index contributed by atoms with van der Waals surface area (Å²) in [7, 11) is 0. The summed E-state index contributed by atoms with van der Waals surface area (Å²) in [5.74, 6) is 2.11. The Bertz CT molecular complexity index is 472. The third-order valence-electron chi connectivity index (χ3n) is 4.45. The SMILES string of the molecule is CC[C@H](C)C(CS[C@@](C)(C=O)Cc1ccccc1)NCC(N)CS. The van der Waals surface area contributed by atoms with E-state index in [1.165, 1.54) is 5.56 Å². The highest BCUT2D eigenvalue weighted by Crippen LogP contribution is 2.29. The predicted octanol–water partition coefficient (Wildman–Crippen LogP) is 3.18. The van der Waals surface area contributed by atoms with Gasteiger partial charge in [0.25, 0.3) is 0 Å². The van der Waals surface area contributed by atoms with Crippen molar-refractivity contribution >= 4 is 30.7 Å². The minimum atomic E-state index is -0.402. The zero-order chi connectivity index (χ0) is 18.0. The lowest BCUT2D eigenvalue weighted by molar-refractivity contribution is -0.109. The Kier molecular flexibility index (Phi) is 10.0. The highest BCUT2D eigenvalue weighted by Gasteiger charge is 2.27. The first-order valence-electron chi connectivity index (χ1n) is 8.68. The van der Waals surface area contributed by atoms with Crippen LogP contribution in [0.5, 0.6) is 0 Å². The molecule has 3 nitrogen and oxygen atoms in total. The zero-order valence-corrected chi connectivity index (χ0v) is 16.8. The Morgan fingerprint density at radius 1 is 1.38 bits per heavy atom. The standard InChI is InChI=1S/C19H32N2OS2/c1-4-15(2)18(21-11-17(20)12-23)13-24-19(3,14-22)10-16-8-6-5-7-9-16/h5-9,14-15,17-18,21,23H,4,10-13,20H2,1-3H3/t15-,17?,18?,19+/m0/s1. The molecule has 0 aliphatic heterocycles. The Morgan fingerprint density at radius 2 is 2.04 bits per heavy atom. The number of nitrogens with two attached hydrogens (primary N) is 1. The zero-order valence-electron chi connectivity index (χ0n) is 15.1. The van der Waals surface area contributed by atoms with Crippen LogP contribution in [0, 0.1) is 5.92 Å². The maximum atomic E-state index is 11.7. The molecule has 0 amide bonds. The van der Waals surface area contributed by atoms with Gasteiger partial charge in [0, 0.05) is 30.1 Å². The van der Waals surface area contributed by atoms with Crippen molar-refractivity contribution in [3.63, 3.8) is 0 Å². The van der Waals surface area contributed by atoms with E-state index in [9.17, 15) is 4.79 Å². The summed E-state index contributed by atoms with van der Waals surface area (Å²) in [6.07, 6.45) is 2.95. The molecule has 2 unspecified atom stereocenters. The van der Waals surface area contributed by atoms with Crippen molar-refractivity contribution in [3.05, 3.63) is 35.9 Å². The third-order valence-corrected chi connectivity index (χ3v) is 6.34. The molecule has 24 heavy (non-hydrogen) atoms. The highest BCUT2D eigenvalue weighted by molar-refractivity contribution is 8.01. The molecular formula is C19H32N2OS2. The molecule has 1 rings (SSSR count). The van der Waals surface area contributed by atoms with E-state index in [-0.39, 0.29) is 6.04 Å². The van der Waals surface area contributed by atoms with Gasteiger partial charge in [-0.2, -0.15) is 12.6 Å². The summed E-state index contributed by atoms with van der Waals surface area (Å²) < 4.78 is -0.402. The van der Waals surface area contributed by atoms with Gasteiger partial charge in [0.1, 0.15) is 6.29 Å². The lowest BCUT2D eigenvalue weighted by Gasteiger charge is -2.30. The van der Waals surface area contributed by atoms with E-state index in [1.54, 1.807) is 11.8 Å². The number of nitrogens with one attached hydrogen (secondary N) is 1. The van der Waals surface area contributed by atoms with Gasteiger partial charge in [-0.15, -0.1) is 11.8 Å². The summed E-state index contributed by atoms with van der Waals surface area (Å²) in [6.45, 7) is 7.24. The monoisotopic (exact) mass is 368 g/mol. The van der Waals surface area contributed by atoms with Crippen molar-refractivity contribution in [2.45, 2.75) is 50.4 Å². The van der Waals surface area contributed by atoms with Gasteiger partial charge in [-0.1, -0.05) is 50.6 Å². The van der Waals surface area contributed by atoms with Crippen LogP contribution in [0.25, 0.3) is 0 Å². The van der Waals surface area contributed by atoms with E-state index in [4.69, 9.17) is 5.73 Å². The number of carbonyl (C=O) groups is 1. The van der Waals surface area contributed by atoms with Crippen LogP contribution < -0.4 is 11.1 Å². The number of hydrogen-bond donors (Lipinski definition) is 3. The molecule has 0 aliphatic rings. The van der Waals surface area contributed by atoms with Gasteiger partial charge in [0.15, 0.2) is 0 Å². The van der Waals surface area contributed by atoms with E-state index >= 15 is 0 Å². The average molecular weight is 369 g/mol. The summed E-state index contributed by atoms with van der Waals surface area (Å²) >= 11 is 5.98. The first-order valence-corrected chi connectivity index (χ1v) is 10.3. The van der Waals surface area contributed by atoms with Crippen LogP contribution in [0.2, 0.25) is 0 Å². The van der Waals surface area contributed by atoms with Crippen molar-refractivity contribution in [1.82, 2.24) is 5.32 Å². The van der Waals surface area contributed by atoms with Crippen molar-refractivity contribution in [2.75, 3.05) is 18.1 Å². The number of benzene rings is 1. The minimum absolute atomic E-state index is 0.0617. The second-order valence-corrected chi connectivity index (χ2v) is 8.67. The third kappa shape index (κ3) is 7.60. The Labute approximate surface area is 157 Å². The van der Waals surface area contributed by atoms with Crippen LogP contribution in [-0.2, 0) is 11.2 Å². The lowest BCUT2D eigenvalue weighted by atomic mass is 10.0. The molecule has 136 valence electrons. The van der Waals surface area contributed by atoms with E-state index in [2.05, 4.69) is 43.9 Å². The molecule has 0 fully saturated rings. The number of thioether (sulfide) groups is 1. The molecule has 3 N–H and O–H groups in total. The molecule has 4 atom stereocenters. The van der Waals surface area contributed by atoms with Gasteiger partial charge in [-0.05, 0) is 24.8 Å². The molecular weight excluding hydrogens is 336 g/mol. The highest BCUT2D eigenvalue weighted by atomic mass is 32.2. The summed E-state index contributed by atoms with van der Waals surface area (Å²) in [5, 5.41) is 3.57. The largest absolute Gasteiger partial charge is 0.326 e. The van der Waals surface area contributed by atoms with Crippen molar-refractivity contribution in [3.8, 4) is 0 Å². The normalized spacial score (nSPS) is 17.7. The average Bonchev–Trinajstić information content (AvgIpc) is 2.61. The van der Waals surface area contributed by atoms with Gasteiger partial charge in [-0.3, -0.25) is 0 Å². The molecule has 0 saturated heterocycles. The molecule has 0 bridgehead atoms. The lowest BCUT2D eigenvalue weighted by Crippen LogP contribution is -2.45. The maximum absolute atomic E-state index is 11.7. The maximum Gasteiger partial charge on any atom is 0.136 e. The second kappa shape index (κ2) is 11.2. The minimum Gasteiger partial charge on any atom is -0.326 e. The Hall–Kier alpha value is -0.490. The van der Waals surface area contributed by atoms with Crippen LogP contribution in [-0.4, -0.2) is 41.2 Å². The molecule has 0 radical (unpaired) electrons. The van der Waals surface area contributed by atoms with E-state index in [1.807, 2.05) is 25.1 Å². The van der Waals surface area contributed by atoms with Crippen LogP contribution >= 0.6 is 24.4 Å². The Morgan fingerprint density at radius 3 is 2.58 bits per heavy atom. The van der Waals surface area contributed by atoms with E-state index in [0.29, 0.717) is 17.7 Å². The number of aldehydes is 1. The number of rotatable bonds is 12. The molecule has 0 heterocycles. The van der Waals surface area contributed by atoms with Gasteiger partial charge >= 0.3 is 0 Å². The molecule has 5 heteroatoms. The number of carbonyl (C=O) groups excluding carboxylic acids is 1. The van der Waals surface area contributed by atoms with Gasteiger partial charge in [0.05, 0.1) is 4.75 Å². The summed E-state index contributed by atoms with van der Waals surface area (Å²) in [5.41, 5.74) is 7.17. The van der Waals surface area contributed by atoms with Crippen LogP contribution in [0.3, 0.4) is 0 Å². The second-order valence-electron chi connectivity index (χ2n) is 6.75. The molecule has 0 spiro atoms. The van der Waals surface area contributed by atoms with Gasteiger partial charge < -0.3 is 15.8 Å². The first-order chi connectivity index (χ1) is 11.4. The molecule has 1 aromatic carbocycles. The van der Waals surface area contributed by atoms with Gasteiger partial charge in [0.2, 0.25) is 0 Å². The summed E-state index contributed by atoms with van der Waals surface area (Å²) in [6, 6.07) is 10.6. The fourth-order valence-electron chi connectivity index (χ4n) is 2.48. The molecule has 1 aromatic rings. The van der Waals surface area contributed by atoms with Crippen molar-refractivity contribution in [2.24, 2.45) is 11.7 Å². The fourth-order valence-corrected chi connectivity index (χ4v) is 3.96. The van der Waals surface area contributed by atoms with Crippen LogP contribution in [0.1, 0.15) is 32.8 Å². The fraction of sp³-hybridized carbons (Fsp3) is 0.632. The molecule has 0 aromatic heterocycles. The van der Waals surface area contributed by atoms with Crippen molar-refractivity contribution in [1.29, 1.82) is 0 Å². The number of thiol groups is 1. The number of hydrogen-bond acceptors (Lipinski definition) is 5. The Balaban J connectivity index is 2.65. The predicted molar refractivity (Wildman–Crippen MR) is 110 cm³/mol. The van der Waals surface area contributed by atoms with Crippen LogP contribution in [0.4, 0.5) is 0 Å². The summed E-state index contributed by atoms with van der Waals surface area (Å²) in [4.78, 5) is 11.7. The molecule has 0 saturated carbocycles. The first kappa shape index (κ1) is 21.6. The topological polar surface area (TPSA) is 55.1 Å². The van der Waals surface area contributed by atoms with E-state index in [0.717, 1.165) is 31.4 Å².